The average Bonchev–Trinajstić information content (AvgIpc) is 2.77. The van der Waals surface area contributed by atoms with Gasteiger partial charge >= 0.3 is 0 Å². The van der Waals surface area contributed by atoms with Crippen LogP contribution < -0.4 is 4.74 Å². The van der Waals surface area contributed by atoms with Crippen LogP contribution in [-0.2, 0) is 0 Å². The van der Waals surface area contributed by atoms with Gasteiger partial charge in [-0.2, -0.15) is 0 Å². The Bertz CT molecular complexity index is 487. The van der Waals surface area contributed by atoms with Crippen LogP contribution in [-0.4, -0.2) is 41.7 Å². The van der Waals surface area contributed by atoms with Gasteiger partial charge in [-0.25, -0.2) is 0 Å². The zero-order valence-electron chi connectivity index (χ0n) is 12.3. The number of amides is 1. The van der Waals surface area contributed by atoms with E-state index in [1.54, 1.807) is 23.1 Å². The van der Waals surface area contributed by atoms with Crippen molar-refractivity contribution in [2.24, 2.45) is 0 Å². The molecule has 1 aliphatic heterocycles. The molecule has 4 heteroatoms. The average molecular weight is 289 g/mol. The third kappa shape index (κ3) is 3.85. The Morgan fingerprint density at radius 3 is 2.95 bits per heavy atom. The lowest BCUT2D eigenvalue weighted by Crippen LogP contribution is -2.42. The molecule has 1 aromatic carbocycles. The first kappa shape index (κ1) is 15.6. The van der Waals surface area contributed by atoms with Gasteiger partial charge in [-0.15, -0.1) is 0 Å². The number of nitrogens with zero attached hydrogens (tertiary/aromatic N) is 1. The minimum Gasteiger partial charge on any atom is -0.489 e. The van der Waals surface area contributed by atoms with Crippen molar-refractivity contribution in [1.82, 2.24) is 4.90 Å². The highest BCUT2D eigenvalue weighted by Gasteiger charge is 2.27. The number of hydrogen-bond acceptors (Lipinski definition) is 3. The summed E-state index contributed by atoms with van der Waals surface area (Å²) < 4.78 is 5.57. The second kappa shape index (κ2) is 7.84. The van der Waals surface area contributed by atoms with Crippen LogP contribution in [0.15, 0.2) is 36.9 Å². The number of para-hydroxylation sites is 1. The number of hydrogen-bond donors (Lipinski definition) is 1. The largest absolute Gasteiger partial charge is 0.489 e. The second-order valence-electron chi connectivity index (χ2n) is 5.28. The quantitative estimate of drug-likeness (QED) is 0.848. The fraction of sp³-hybridized carbons (Fsp3) is 0.471. The molecule has 114 valence electrons. The van der Waals surface area contributed by atoms with Gasteiger partial charge in [-0.3, -0.25) is 4.79 Å². The molecule has 1 N–H and O–H groups in total. The van der Waals surface area contributed by atoms with E-state index in [4.69, 9.17) is 4.74 Å². The first-order valence-electron chi connectivity index (χ1n) is 7.52. The molecule has 1 aromatic rings. The molecule has 1 atom stereocenters. The van der Waals surface area contributed by atoms with Crippen LogP contribution in [0.3, 0.4) is 0 Å². The van der Waals surface area contributed by atoms with E-state index < -0.39 is 0 Å². The van der Waals surface area contributed by atoms with E-state index in [0.717, 1.165) is 25.7 Å². The van der Waals surface area contributed by atoms with Gasteiger partial charge in [-0.1, -0.05) is 37.6 Å². The van der Waals surface area contributed by atoms with E-state index in [1.165, 1.54) is 0 Å². The number of aliphatic hydroxyl groups excluding tert-OH is 1. The smallest absolute Gasteiger partial charge is 0.257 e. The number of ether oxygens (including phenoxy) is 1. The Morgan fingerprint density at radius 2 is 2.19 bits per heavy atom. The van der Waals surface area contributed by atoms with E-state index in [9.17, 15) is 9.90 Å². The zero-order chi connectivity index (χ0) is 15.1. The summed E-state index contributed by atoms with van der Waals surface area (Å²) in [5.41, 5.74) is 0.555. The van der Waals surface area contributed by atoms with Crippen molar-refractivity contribution in [1.29, 1.82) is 0 Å². The highest BCUT2D eigenvalue weighted by molar-refractivity contribution is 5.97. The molecule has 1 fully saturated rings. The molecule has 0 aromatic heterocycles. The first-order valence-corrected chi connectivity index (χ1v) is 7.52. The maximum atomic E-state index is 12.8. The lowest BCUT2D eigenvalue weighted by atomic mass is 10.1. The minimum atomic E-state index is -0.0903. The number of carbonyl (C=O) groups is 1. The fourth-order valence-electron chi connectivity index (χ4n) is 2.71. The summed E-state index contributed by atoms with van der Waals surface area (Å²) in [5.74, 6) is 0.513. The molecule has 0 aliphatic carbocycles. The highest BCUT2D eigenvalue weighted by Crippen LogP contribution is 2.24. The predicted octanol–water partition coefficient (Wildman–Crippen LogP) is 2.63. The van der Waals surface area contributed by atoms with Crippen molar-refractivity contribution in [2.45, 2.75) is 31.7 Å². The van der Waals surface area contributed by atoms with Gasteiger partial charge in [-0.05, 0) is 25.0 Å². The molecule has 4 nitrogen and oxygen atoms in total. The van der Waals surface area contributed by atoms with E-state index >= 15 is 0 Å². The summed E-state index contributed by atoms with van der Waals surface area (Å²) in [6, 6.07) is 7.16. The number of rotatable bonds is 5. The summed E-state index contributed by atoms with van der Waals surface area (Å²) in [6.07, 6.45) is 5.66. The van der Waals surface area contributed by atoms with Crippen LogP contribution in [0, 0.1) is 0 Å². The molecule has 1 amide bonds. The molecule has 0 spiro atoms. The Kier molecular flexibility index (Phi) is 5.81. The topological polar surface area (TPSA) is 49.8 Å². The standard InChI is InChI=1S/C17H23NO3/c1-2-12-21-16-10-6-5-9-15(16)17(20)18-11-7-3-4-8-14(18)13-19/h2,5-6,9-10,14,19H,1,3-4,7-8,11-13H2. The van der Waals surface area contributed by atoms with Gasteiger partial charge in [0.2, 0.25) is 0 Å². The van der Waals surface area contributed by atoms with Crippen molar-refractivity contribution in [2.75, 3.05) is 19.8 Å². The predicted molar refractivity (Wildman–Crippen MR) is 82.5 cm³/mol. The zero-order valence-corrected chi connectivity index (χ0v) is 12.3. The number of likely N-dealkylation sites (tertiary alicyclic amines) is 1. The van der Waals surface area contributed by atoms with E-state index in [1.807, 2.05) is 12.1 Å². The summed E-state index contributed by atoms with van der Waals surface area (Å²) in [7, 11) is 0. The summed E-state index contributed by atoms with van der Waals surface area (Å²) in [4.78, 5) is 14.6. The minimum absolute atomic E-state index is 0.0153. The second-order valence-corrected chi connectivity index (χ2v) is 5.28. The lowest BCUT2D eigenvalue weighted by Gasteiger charge is -2.29. The van der Waals surface area contributed by atoms with Gasteiger partial charge in [0.1, 0.15) is 12.4 Å². The Balaban J connectivity index is 2.23. The van der Waals surface area contributed by atoms with E-state index in [0.29, 0.717) is 24.5 Å². The normalized spacial score (nSPS) is 18.9. The monoisotopic (exact) mass is 289 g/mol. The van der Waals surface area contributed by atoms with Crippen molar-refractivity contribution in [3.8, 4) is 5.75 Å². The summed E-state index contributed by atoms with van der Waals surface area (Å²) in [5, 5.41) is 9.55. The van der Waals surface area contributed by atoms with E-state index in [-0.39, 0.29) is 18.6 Å². The molecule has 0 radical (unpaired) electrons. The molecule has 2 rings (SSSR count). The molecule has 0 bridgehead atoms. The van der Waals surface area contributed by atoms with Crippen LogP contribution >= 0.6 is 0 Å². The third-order valence-electron chi connectivity index (χ3n) is 3.82. The van der Waals surface area contributed by atoms with Crippen molar-refractivity contribution in [3.05, 3.63) is 42.5 Å². The van der Waals surface area contributed by atoms with Gasteiger partial charge < -0.3 is 14.7 Å². The summed E-state index contributed by atoms with van der Waals surface area (Å²) >= 11 is 0. The SMILES string of the molecule is C=CCOc1ccccc1C(=O)N1CCCCCC1CO. The molecule has 1 unspecified atom stereocenters. The van der Waals surface area contributed by atoms with Crippen molar-refractivity contribution >= 4 is 5.91 Å². The number of aliphatic hydroxyl groups is 1. The molecule has 1 saturated heterocycles. The van der Waals surface area contributed by atoms with Crippen molar-refractivity contribution in [3.63, 3.8) is 0 Å². The molecule has 21 heavy (non-hydrogen) atoms. The van der Waals surface area contributed by atoms with Gasteiger partial charge in [0.15, 0.2) is 0 Å². The molecular weight excluding hydrogens is 266 g/mol. The Hall–Kier alpha value is -1.81. The van der Waals surface area contributed by atoms with Crippen LogP contribution in [0.2, 0.25) is 0 Å². The van der Waals surface area contributed by atoms with E-state index in [2.05, 4.69) is 6.58 Å². The Morgan fingerprint density at radius 1 is 1.38 bits per heavy atom. The molecule has 0 saturated carbocycles. The van der Waals surface area contributed by atoms with Crippen LogP contribution in [0.25, 0.3) is 0 Å². The molecule has 1 heterocycles. The van der Waals surface area contributed by atoms with Crippen LogP contribution in [0.4, 0.5) is 0 Å². The van der Waals surface area contributed by atoms with Gasteiger partial charge in [0.05, 0.1) is 18.2 Å². The lowest BCUT2D eigenvalue weighted by molar-refractivity contribution is 0.0596. The third-order valence-corrected chi connectivity index (χ3v) is 3.82. The first-order chi connectivity index (χ1) is 10.3. The maximum absolute atomic E-state index is 12.8. The fourth-order valence-corrected chi connectivity index (χ4v) is 2.71. The van der Waals surface area contributed by atoms with Crippen LogP contribution in [0.5, 0.6) is 5.75 Å². The molecular formula is C17H23NO3. The number of carbonyl (C=O) groups excluding carboxylic acids is 1. The Labute approximate surface area is 126 Å². The highest BCUT2D eigenvalue weighted by atomic mass is 16.5. The van der Waals surface area contributed by atoms with Gasteiger partial charge in [0.25, 0.3) is 5.91 Å². The maximum Gasteiger partial charge on any atom is 0.257 e. The summed E-state index contributed by atoms with van der Waals surface area (Å²) in [6.45, 7) is 4.70. The van der Waals surface area contributed by atoms with Crippen LogP contribution in [0.1, 0.15) is 36.0 Å². The number of benzene rings is 1. The molecule has 1 aliphatic rings. The van der Waals surface area contributed by atoms with Gasteiger partial charge in [0, 0.05) is 6.54 Å². The van der Waals surface area contributed by atoms with Crippen molar-refractivity contribution < 1.29 is 14.6 Å².